The number of anilines is 1. The van der Waals surface area contributed by atoms with E-state index in [0.717, 1.165) is 37.1 Å². The second kappa shape index (κ2) is 10.6. The van der Waals surface area contributed by atoms with Crippen molar-refractivity contribution in [1.29, 1.82) is 0 Å². The topological polar surface area (TPSA) is 83.6 Å². The van der Waals surface area contributed by atoms with E-state index in [0.29, 0.717) is 22.4 Å². The highest BCUT2D eigenvalue weighted by atomic mass is 19.1. The van der Waals surface area contributed by atoms with Crippen LogP contribution in [0.25, 0.3) is 0 Å². The third kappa shape index (κ3) is 5.14. The highest BCUT2D eigenvalue weighted by Gasteiger charge is 2.42. The summed E-state index contributed by atoms with van der Waals surface area (Å²) in [5.41, 5.74) is 2.35. The van der Waals surface area contributed by atoms with Crippen molar-refractivity contribution in [2.45, 2.75) is 57.3 Å². The molecule has 0 aliphatic carbocycles. The summed E-state index contributed by atoms with van der Waals surface area (Å²) in [4.78, 5) is 32.5. The van der Waals surface area contributed by atoms with Gasteiger partial charge >= 0.3 is 0 Å². The number of amides is 2. The fourth-order valence-corrected chi connectivity index (χ4v) is 5.61. The predicted octanol–water partition coefficient (Wildman–Crippen LogP) is 4.40. The van der Waals surface area contributed by atoms with E-state index in [4.69, 9.17) is 4.74 Å². The Kier molecular flexibility index (Phi) is 7.08. The van der Waals surface area contributed by atoms with Crippen molar-refractivity contribution in [3.05, 3.63) is 88.9 Å². The Balaban J connectivity index is 1.20. The molecule has 2 saturated heterocycles. The van der Waals surface area contributed by atoms with Crippen LogP contribution in [0, 0.1) is 12.7 Å². The van der Waals surface area contributed by atoms with Gasteiger partial charge in [0.05, 0.1) is 12.7 Å². The van der Waals surface area contributed by atoms with Crippen LogP contribution in [-0.4, -0.2) is 42.0 Å². The summed E-state index contributed by atoms with van der Waals surface area (Å²) in [7, 11) is 1.61. The third-order valence-electron chi connectivity index (χ3n) is 7.49. The maximum Gasteiger partial charge on any atom is 0.253 e. The van der Waals surface area contributed by atoms with Crippen LogP contribution in [0.4, 0.5) is 10.2 Å². The van der Waals surface area contributed by atoms with Gasteiger partial charge in [0.2, 0.25) is 0 Å². The first-order valence-corrected chi connectivity index (χ1v) is 12.6. The summed E-state index contributed by atoms with van der Waals surface area (Å²) in [5, 5.41) is 5.99. The van der Waals surface area contributed by atoms with Gasteiger partial charge in [-0.25, -0.2) is 9.37 Å². The van der Waals surface area contributed by atoms with Gasteiger partial charge in [-0.2, -0.15) is 0 Å². The number of carbonyl (C=O) groups excluding carboxylic acids is 2. The molecule has 0 spiro atoms. The number of hydrogen-bond acceptors (Lipinski definition) is 5. The first-order chi connectivity index (χ1) is 17.9. The lowest BCUT2D eigenvalue weighted by Gasteiger charge is -2.40. The number of rotatable bonds is 7. The van der Waals surface area contributed by atoms with Gasteiger partial charge in [0.25, 0.3) is 11.8 Å². The maximum atomic E-state index is 13.8. The Morgan fingerprint density at radius 3 is 2.46 bits per heavy atom. The standard InChI is InChI=1S/C29H31FN4O3/c1-18-24(7-5-9-26(18)37-2)29(36)33-21-14-22-11-12-23(15-21)34(22)27-13-10-20(17-31-27)28(35)32-16-19-6-3-4-8-25(19)30/h3-10,13,17,21-23H,11-12,14-16H2,1-2H3,(H,32,35)(H,33,36)/t21?,22-,23+. The molecule has 37 heavy (non-hydrogen) atoms. The van der Waals surface area contributed by atoms with E-state index >= 15 is 0 Å². The number of piperidine rings is 1. The number of halogens is 1. The minimum atomic E-state index is -0.343. The molecule has 2 bridgehead atoms. The molecule has 8 heteroatoms. The van der Waals surface area contributed by atoms with Crippen molar-refractivity contribution in [3.8, 4) is 5.75 Å². The zero-order valence-electron chi connectivity index (χ0n) is 21.0. The Morgan fingerprint density at radius 1 is 1.03 bits per heavy atom. The third-order valence-corrected chi connectivity index (χ3v) is 7.49. The lowest BCUT2D eigenvalue weighted by molar-refractivity contribution is 0.0923. The smallest absolute Gasteiger partial charge is 0.253 e. The number of methoxy groups -OCH3 is 1. The van der Waals surface area contributed by atoms with Crippen LogP contribution in [0.3, 0.4) is 0 Å². The first kappa shape index (κ1) is 24.7. The SMILES string of the molecule is COc1cccc(C(=O)NC2C[C@H]3CC[C@@H](C2)N3c2ccc(C(=O)NCc3ccccc3F)cn2)c1C. The summed E-state index contributed by atoms with van der Waals surface area (Å²) >= 11 is 0. The second-order valence-electron chi connectivity index (χ2n) is 9.75. The molecular formula is C29H31FN4O3. The number of fused-ring (bicyclic) bond motifs is 2. The van der Waals surface area contributed by atoms with Crippen molar-refractivity contribution >= 4 is 17.6 Å². The van der Waals surface area contributed by atoms with Gasteiger partial charge in [0.1, 0.15) is 17.4 Å². The quantitative estimate of drug-likeness (QED) is 0.501. The number of carbonyl (C=O) groups is 2. The average molecular weight is 503 g/mol. The second-order valence-corrected chi connectivity index (χ2v) is 9.75. The van der Waals surface area contributed by atoms with Gasteiger partial charge in [-0.3, -0.25) is 9.59 Å². The molecule has 2 aromatic carbocycles. The predicted molar refractivity (Wildman–Crippen MR) is 139 cm³/mol. The lowest BCUT2D eigenvalue weighted by Crippen LogP contribution is -2.50. The Morgan fingerprint density at radius 2 is 1.78 bits per heavy atom. The summed E-state index contributed by atoms with van der Waals surface area (Å²) < 4.78 is 19.2. The van der Waals surface area contributed by atoms with Crippen molar-refractivity contribution in [1.82, 2.24) is 15.6 Å². The van der Waals surface area contributed by atoms with E-state index in [1.807, 2.05) is 31.2 Å². The average Bonchev–Trinajstić information content (AvgIpc) is 3.18. The summed E-state index contributed by atoms with van der Waals surface area (Å²) in [6.45, 7) is 2.02. The molecular weight excluding hydrogens is 471 g/mol. The fourth-order valence-electron chi connectivity index (χ4n) is 5.61. The molecule has 192 valence electrons. The van der Waals surface area contributed by atoms with Gasteiger partial charge in [-0.05, 0) is 62.9 Å². The molecule has 2 N–H and O–H groups in total. The number of pyridine rings is 1. The zero-order chi connectivity index (χ0) is 25.9. The number of aromatic nitrogens is 1. The normalized spacial score (nSPS) is 20.4. The molecule has 2 aliphatic rings. The summed E-state index contributed by atoms with van der Waals surface area (Å²) in [6, 6.07) is 16.2. The Bertz CT molecular complexity index is 1280. The monoisotopic (exact) mass is 502 g/mol. The lowest BCUT2D eigenvalue weighted by atomic mass is 9.96. The van der Waals surface area contributed by atoms with Crippen molar-refractivity contribution in [2.75, 3.05) is 12.0 Å². The molecule has 0 saturated carbocycles. The number of nitrogens with one attached hydrogen (secondary N) is 2. The molecule has 2 fully saturated rings. The van der Waals surface area contributed by atoms with Crippen LogP contribution in [0.1, 0.15) is 57.5 Å². The fraction of sp³-hybridized carbons (Fsp3) is 0.345. The first-order valence-electron chi connectivity index (χ1n) is 12.6. The Labute approximate surface area is 216 Å². The zero-order valence-corrected chi connectivity index (χ0v) is 21.0. The summed E-state index contributed by atoms with van der Waals surface area (Å²) in [5.74, 6) is 0.840. The van der Waals surface area contributed by atoms with Gasteiger partial charge in [0, 0.05) is 47.6 Å². The van der Waals surface area contributed by atoms with E-state index in [-0.39, 0.29) is 42.3 Å². The van der Waals surface area contributed by atoms with Crippen LogP contribution in [0.15, 0.2) is 60.8 Å². The van der Waals surface area contributed by atoms with Crippen LogP contribution in [-0.2, 0) is 6.54 Å². The Hall–Kier alpha value is -3.94. The number of ether oxygens (including phenoxy) is 1. The van der Waals surface area contributed by atoms with Gasteiger partial charge in [-0.1, -0.05) is 24.3 Å². The largest absolute Gasteiger partial charge is 0.496 e. The highest BCUT2D eigenvalue weighted by molar-refractivity contribution is 5.96. The van der Waals surface area contributed by atoms with Crippen molar-refractivity contribution < 1.29 is 18.7 Å². The van der Waals surface area contributed by atoms with Crippen LogP contribution in [0.5, 0.6) is 5.75 Å². The van der Waals surface area contributed by atoms with Crippen LogP contribution >= 0.6 is 0 Å². The number of hydrogen-bond donors (Lipinski definition) is 2. The molecule has 2 amide bonds. The van der Waals surface area contributed by atoms with E-state index in [1.165, 1.54) is 6.07 Å². The molecule has 0 radical (unpaired) electrons. The summed E-state index contributed by atoms with van der Waals surface area (Å²) in [6.07, 6.45) is 5.35. The number of nitrogens with zero attached hydrogens (tertiary/aromatic N) is 2. The molecule has 3 aromatic rings. The van der Waals surface area contributed by atoms with E-state index in [2.05, 4.69) is 20.5 Å². The minimum absolute atomic E-state index is 0.0712. The molecule has 1 aromatic heterocycles. The van der Waals surface area contributed by atoms with Gasteiger partial charge in [-0.15, -0.1) is 0 Å². The van der Waals surface area contributed by atoms with Gasteiger partial charge < -0.3 is 20.3 Å². The van der Waals surface area contributed by atoms with Crippen LogP contribution < -0.4 is 20.3 Å². The number of benzene rings is 2. The van der Waals surface area contributed by atoms with Gasteiger partial charge in [0.15, 0.2) is 0 Å². The van der Waals surface area contributed by atoms with E-state index in [9.17, 15) is 14.0 Å². The van der Waals surface area contributed by atoms with Crippen molar-refractivity contribution in [3.63, 3.8) is 0 Å². The minimum Gasteiger partial charge on any atom is -0.496 e. The van der Waals surface area contributed by atoms with E-state index in [1.54, 1.807) is 37.6 Å². The maximum absolute atomic E-state index is 13.8. The van der Waals surface area contributed by atoms with E-state index < -0.39 is 0 Å². The molecule has 3 atom stereocenters. The highest BCUT2D eigenvalue weighted by Crippen LogP contribution is 2.38. The molecule has 7 nitrogen and oxygen atoms in total. The molecule has 1 unspecified atom stereocenters. The molecule has 3 heterocycles. The van der Waals surface area contributed by atoms with Crippen LogP contribution in [0.2, 0.25) is 0 Å². The molecule has 2 aliphatic heterocycles. The molecule has 5 rings (SSSR count). The van der Waals surface area contributed by atoms with Crippen molar-refractivity contribution in [2.24, 2.45) is 0 Å².